The minimum Gasteiger partial charge on any atom is -0.509 e. The fourth-order valence-corrected chi connectivity index (χ4v) is 7.91. The van der Waals surface area contributed by atoms with E-state index in [-0.39, 0.29) is 53.0 Å². The molecule has 2 aromatic rings. The van der Waals surface area contributed by atoms with Crippen LogP contribution in [0.3, 0.4) is 0 Å². The zero-order valence-corrected chi connectivity index (χ0v) is 24.0. The van der Waals surface area contributed by atoms with Crippen molar-refractivity contribution < 1.29 is 31.1 Å². The molecule has 39 heavy (non-hydrogen) atoms. The van der Waals surface area contributed by atoms with E-state index in [0.29, 0.717) is 28.7 Å². The number of halogens is 1. The predicted molar refractivity (Wildman–Crippen MR) is 144 cm³/mol. The number of aliphatic hydroxyl groups excluding tert-OH is 1. The predicted octanol–water partition coefficient (Wildman–Crippen LogP) is 3.21. The second-order valence-corrected chi connectivity index (χ2v) is 14.9. The minimum absolute atomic E-state index is 0.0653. The Labute approximate surface area is 227 Å². The van der Waals surface area contributed by atoms with Gasteiger partial charge in [-0.1, -0.05) is 45.0 Å². The number of fused-ring (bicyclic) bond motifs is 3. The molecule has 0 aromatic heterocycles. The molecular weight excluding hydrogens is 545 g/mol. The van der Waals surface area contributed by atoms with E-state index in [2.05, 4.69) is 4.40 Å². The monoisotopic (exact) mass is 575 g/mol. The average molecular weight is 576 g/mol. The molecule has 1 atom stereocenters. The van der Waals surface area contributed by atoms with Gasteiger partial charge in [0.1, 0.15) is 27.8 Å². The van der Waals surface area contributed by atoms with Gasteiger partial charge in [-0.15, -0.1) is 0 Å². The molecule has 1 N–H and O–H groups in total. The third-order valence-corrected chi connectivity index (χ3v) is 10.1. The normalized spacial score (nSPS) is 21.3. The van der Waals surface area contributed by atoms with Gasteiger partial charge in [0, 0.05) is 25.2 Å². The Hall–Kier alpha value is -3.09. The van der Waals surface area contributed by atoms with Gasteiger partial charge in [0.05, 0.1) is 12.3 Å². The Morgan fingerprint density at radius 1 is 1.18 bits per heavy atom. The van der Waals surface area contributed by atoms with E-state index in [4.69, 9.17) is 0 Å². The molecule has 0 saturated carbocycles. The van der Waals surface area contributed by atoms with Crippen LogP contribution >= 0.6 is 0 Å². The number of carbonyl (C=O) groups excluding carboxylic acids is 1. The summed E-state index contributed by atoms with van der Waals surface area (Å²) in [6.07, 6.45) is 1.41. The Bertz CT molecular complexity index is 1710. The summed E-state index contributed by atoms with van der Waals surface area (Å²) in [4.78, 5) is 15.2. The van der Waals surface area contributed by atoms with E-state index in [1.807, 2.05) is 20.8 Å². The van der Waals surface area contributed by atoms with E-state index in [1.165, 1.54) is 15.3 Å². The van der Waals surface area contributed by atoms with Gasteiger partial charge in [-0.05, 0) is 47.1 Å². The second kappa shape index (κ2) is 8.97. The zero-order valence-electron chi connectivity index (χ0n) is 22.3. The molecule has 0 saturated heterocycles. The molecule has 12 heteroatoms. The summed E-state index contributed by atoms with van der Waals surface area (Å²) in [5.74, 6) is -1.25. The van der Waals surface area contributed by atoms with Crippen LogP contribution in [-0.2, 0) is 44.4 Å². The SMILES string of the molecule is Cc1cc(CN2C(=O)C(C3=NS(=O)(=O)c4c3ccc3c4CN(S(C)(=O)=O)CC3)=C(O)[C@@H]2C(C)(C)C)ccc1F. The van der Waals surface area contributed by atoms with Crippen LogP contribution in [0, 0.1) is 18.2 Å². The van der Waals surface area contributed by atoms with Crippen molar-refractivity contribution >= 4 is 31.7 Å². The molecule has 0 fully saturated rings. The summed E-state index contributed by atoms with van der Waals surface area (Å²) in [5.41, 5.74) is 1.27. The molecule has 0 aliphatic carbocycles. The second-order valence-electron chi connectivity index (χ2n) is 11.4. The lowest BCUT2D eigenvalue weighted by Crippen LogP contribution is -2.43. The highest BCUT2D eigenvalue weighted by Crippen LogP contribution is 2.42. The van der Waals surface area contributed by atoms with Crippen LogP contribution in [0.1, 0.15) is 48.6 Å². The molecule has 0 radical (unpaired) electrons. The van der Waals surface area contributed by atoms with E-state index >= 15 is 0 Å². The number of sulfonamides is 2. The number of aliphatic hydroxyl groups is 1. The third-order valence-electron chi connectivity index (χ3n) is 7.45. The molecule has 1 amide bonds. The van der Waals surface area contributed by atoms with Gasteiger partial charge < -0.3 is 10.0 Å². The minimum atomic E-state index is -4.28. The molecular formula is C27H30FN3O6S2. The highest BCUT2D eigenvalue weighted by Gasteiger charge is 2.49. The van der Waals surface area contributed by atoms with Crippen molar-refractivity contribution in [3.8, 4) is 0 Å². The summed E-state index contributed by atoms with van der Waals surface area (Å²) in [6, 6.07) is 7.01. The molecule has 208 valence electrons. The van der Waals surface area contributed by atoms with Crippen LogP contribution in [0.25, 0.3) is 0 Å². The van der Waals surface area contributed by atoms with E-state index in [1.54, 1.807) is 31.2 Å². The van der Waals surface area contributed by atoms with Crippen LogP contribution < -0.4 is 0 Å². The number of amides is 1. The number of nitrogens with zero attached hydrogens (tertiary/aromatic N) is 3. The van der Waals surface area contributed by atoms with Crippen molar-refractivity contribution in [1.29, 1.82) is 0 Å². The van der Waals surface area contributed by atoms with Crippen LogP contribution in [0.15, 0.2) is 51.0 Å². The molecule has 0 bridgehead atoms. The number of hydrogen-bond acceptors (Lipinski definition) is 6. The molecule has 5 rings (SSSR count). The van der Waals surface area contributed by atoms with Crippen LogP contribution in [-0.4, -0.2) is 61.6 Å². The van der Waals surface area contributed by atoms with Crippen molar-refractivity contribution in [3.05, 3.63) is 75.3 Å². The van der Waals surface area contributed by atoms with Gasteiger partial charge in [-0.3, -0.25) is 4.79 Å². The summed E-state index contributed by atoms with van der Waals surface area (Å²) in [7, 11) is -7.85. The number of rotatable bonds is 4. The third kappa shape index (κ3) is 4.57. The number of hydrogen-bond donors (Lipinski definition) is 1. The Morgan fingerprint density at radius 3 is 2.49 bits per heavy atom. The van der Waals surface area contributed by atoms with Gasteiger partial charge in [-0.2, -0.15) is 17.1 Å². The first-order valence-corrected chi connectivity index (χ1v) is 15.7. The van der Waals surface area contributed by atoms with Crippen LogP contribution in [0.2, 0.25) is 0 Å². The molecule has 2 aromatic carbocycles. The molecule has 3 aliphatic rings. The molecule has 0 spiro atoms. The Kier molecular flexibility index (Phi) is 6.32. The van der Waals surface area contributed by atoms with E-state index in [0.717, 1.165) is 6.26 Å². The van der Waals surface area contributed by atoms with Gasteiger partial charge in [0.15, 0.2) is 0 Å². The van der Waals surface area contributed by atoms with Gasteiger partial charge >= 0.3 is 0 Å². The quantitative estimate of drug-likeness (QED) is 0.597. The van der Waals surface area contributed by atoms with E-state index in [9.17, 15) is 31.1 Å². The highest BCUT2D eigenvalue weighted by molar-refractivity contribution is 7.91. The number of aryl methyl sites for hydroxylation is 1. The smallest absolute Gasteiger partial charge is 0.283 e. The topological polar surface area (TPSA) is 124 Å². The molecule has 0 unspecified atom stereocenters. The first-order chi connectivity index (χ1) is 18.0. The molecule has 9 nitrogen and oxygen atoms in total. The number of benzene rings is 2. The van der Waals surface area contributed by atoms with Gasteiger partial charge in [0.25, 0.3) is 15.9 Å². The maximum atomic E-state index is 13.9. The molecule has 3 aliphatic heterocycles. The largest absolute Gasteiger partial charge is 0.509 e. The lowest BCUT2D eigenvalue weighted by molar-refractivity contribution is -0.129. The van der Waals surface area contributed by atoms with Crippen molar-refractivity contribution in [2.75, 3.05) is 12.8 Å². The summed E-state index contributed by atoms with van der Waals surface area (Å²) >= 11 is 0. The summed E-state index contributed by atoms with van der Waals surface area (Å²) in [5, 5.41) is 11.4. The zero-order chi connectivity index (χ0) is 28.7. The standard InChI is InChI=1S/C27H30FN3O6S2/c1-15-12-16(6-9-20(15)28)13-31-25(27(2,3)4)23(32)21(26(31)33)22-18-8-7-17-10-11-30(38(5,34)35)14-19(17)24(18)39(36,37)29-22/h6-9,12,25,32H,10-11,13-14H2,1-5H3/t25-/m1/s1. The average Bonchev–Trinajstić information content (AvgIpc) is 3.23. The summed E-state index contributed by atoms with van der Waals surface area (Å²) in [6.45, 7) is 7.34. The Balaban J connectivity index is 1.62. The summed E-state index contributed by atoms with van der Waals surface area (Å²) < 4.78 is 70.2. The fraction of sp³-hybridized carbons (Fsp3) is 0.407. The van der Waals surface area contributed by atoms with Crippen LogP contribution in [0.4, 0.5) is 4.39 Å². The fourth-order valence-electron chi connectivity index (χ4n) is 5.66. The van der Waals surface area contributed by atoms with Crippen LogP contribution in [0.5, 0.6) is 0 Å². The molecule has 3 heterocycles. The maximum absolute atomic E-state index is 13.9. The first kappa shape index (κ1) is 27.5. The number of carbonyl (C=O) groups is 1. The van der Waals surface area contributed by atoms with Crippen molar-refractivity contribution in [2.24, 2.45) is 9.81 Å². The van der Waals surface area contributed by atoms with Gasteiger partial charge in [0.2, 0.25) is 10.0 Å². The maximum Gasteiger partial charge on any atom is 0.283 e. The van der Waals surface area contributed by atoms with Crippen molar-refractivity contribution in [2.45, 2.75) is 58.1 Å². The lowest BCUT2D eigenvalue weighted by Gasteiger charge is -2.35. The first-order valence-electron chi connectivity index (χ1n) is 12.5. The van der Waals surface area contributed by atoms with Gasteiger partial charge in [-0.25, -0.2) is 12.8 Å². The van der Waals surface area contributed by atoms with E-state index < -0.39 is 37.4 Å². The lowest BCUT2D eigenvalue weighted by atomic mass is 9.84. The Morgan fingerprint density at radius 2 is 1.87 bits per heavy atom. The van der Waals surface area contributed by atoms with Crippen molar-refractivity contribution in [1.82, 2.24) is 9.21 Å². The van der Waals surface area contributed by atoms with Crippen molar-refractivity contribution in [3.63, 3.8) is 0 Å². The highest BCUT2D eigenvalue weighted by atomic mass is 32.2.